The van der Waals surface area contributed by atoms with Crippen LogP contribution < -0.4 is 0 Å². The van der Waals surface area contributed by atoms with Crippen molar-refractivity contribution in [2.45, 2.75) is 32.7 Å². The third-order valence-electron chi connectivity index (χ3n) is 4.22. The molecule has 20 heavy (non-hydrogen) atoms. The van der Waals surface area contributed by atoms with Crippen LogP contribution in [-0.2, 0) is 0 Å². The van der Waals surface area contributed by atoms with Crippen LogP contribution in [0.4, 0.5) is 0 Å². The molecule has 0 amide bonds. The highest BCUT2D eigenvalue weighted by atomic mass is 16.1. The largest absolute Gasteiger partial charge is 0.305 e. The van der Waals surface area contributed by atoms with Gasteiger partial charge in [-0.1, -0.05) is 36.8 Å². The molecular weight excluding hydrogens is 248 g/mol. The van der Waals surface area contributed by atoms with Crippen LogP contribution in [-0.4, -0.2) is 54.9 Å². The highest BCUT2D eigenvalue weighted by Gasteiger charge is 2.23. The van der Waals surface area contributed by atoms with E-state index >= 15 is 0 Å². The van der Waals surface area contributed by atoms with Crippen LogP contribution >= 0.6 is 0 Å². The highest BCUT2D eigenvalue weighted by molar-refractivity contribution is 5.97. The summed E-state index contributed by atoms with van der Waals surface area (Å²) >= 11 is 0. The second-order valence-electron chi connectivity index (χ2n) is 5.94. The normalized spacial score (nSPS) is 21.6. The van der Waals surface area contributed by atoms with Crippen molar-refractivity contribution in [3.8, 4) is 0 Å². The molecule has 1 heterocycles. The van der Waals surface area contributed by atoms with Crippen molar-refractivity contribution in [2.75, 3.05) is 33.2 Å². The molecule has 1 fully saturated rings. The van der Waals surface area contributed by atoms with Crippen LogP contribution in [0, 0.1) is 6.92 Å². The number of benzene rings is 1. The van der Waals surface area contributed by atoms with E-state index in [1.165, 1.54) is 5.56 Å². The lowest BCUT2D eigenvalue weighted by atomic mass is 10.1. The van der Waals surface area contributed by atoms with Crippen LogP contribution in [0.25, 0.3) is 0 Å². The predicted octanol–water partition coefficient (Wildman–Crippen LogP) is 2.59. The predicted molar refractivity (Wildman–Crippen MR) is 83.3 cm³/mol. The number of ketones is 1. The fourth-order valence-electron chi connectivity index (χ4n) is 2.90. The van der Waals surface area contributed by atoms with Gasteiger partial charge in [-0.3, -0.25) is 9.69 Å². The lowest BCUT2D eigenvalue weighted by Crippen LogP contribution is -2.42. The van der Waals surface area contributed by atoms with Gasteiger partial charge in [-0.25, -0.2) is 0 Å². The molecule has 3 nitrogen and oxygen atoms in total. The lowest BCUT2D eigenvalue weighted by molar-refractivity contribution is 0.0888. The van der Waals surface area contributed by atoms with Crippen LogP contribution in [0.3, 0.4) is 0 Å². The topological polar surface area (TPSA) is 23.6 Å². The summed E-state index contributed by atoms with van der Waals surface area (Å²) in [6, 6.07) is 8.42. The van der Waals surface area contributed by atoms with E-state index in [2.05, 4.69) is 23.8 Å². The summed E-state index contributed by atoms with van der Waals surface area (Å²) in [5, 5.41) is 0. The molecular formula is C17H26N2O. The van der Waals surface area contributed by atoms with Gasteiger partial charge in [0.1, 0.15) is 0 Å². The van der Waals surface area contributed by atoms with Crippen molar-refractivity contribution in [1.82, 2.24) is 9.80 Å². The molecule has 2 rings (SSSR count). The summed E-state index contributed by atoms with van der Waals surface area (Å²) in [7, 11) is 2.17. The van der Waals surface area contributed by atoms with Crippen molar-refractivity contribution >= 4 is 5.78 Å². The Morgan fingerprint density at radius 3 is 2.60 bits per heavy atom. The smallest absolute Gasteiger partial charge is 0.176 e. The molecule has 0 saturated carbocycles. The molecule has 0 spiro atoms. The molecule has 1 aliphatic rings. The fraction of sp³-hybridized carbons (Fsp3) is 0.588. The minimum Gasteiger partial charge on any atom is -0.305 e. The molecule has 0 aromatic heterocycles. The minimum atomic E-state index is 0.244. The minimum absolute atomic E-state index is 0.244. The maximum absolute atomic E-state index is 12.4. The average molecular weight is 274 g/mol. The Kier molecular flexibility index (Phi) is 5.32. The maximum atomic E-state index is 12.4. The van der Waals surface area contributed by atoms with Crippen LogP contribution in [0.1, 0.15) is 35.7 Å². The number of carbonyl (C=O) groups is 1. The van der Waals surface area contributed by atoms with Gasteiger partial charge in [0.2, 0.25) is 0 Å². The van der Waals surface area contributed by atoms with Gasteiger partial charge in [-0.05, 0) is 33.4 Å². The molecule has 1 atom stereocenters. The van der Waals surface area contributed by atoms with E-state index in [0.29, 0.717) is 12.6 Å². The summed E-state index contributed by atoms with van der Waals surface area (Å²) in [5.74, 6) is 0.244. The second kappa shape index (κ2) is 7.00. The number of rotatable bonds is 4. The second-order valence-corrected chi connectivity index (χ2v) is 5.94. The maximum Gasteiger partial charge on any atom is 0.176 e. The van der Waals surface area contributed by atoms with E-state index in [1.807, 2.05) is 31.2 Å². The number of hydrogen-bond acceptors (Lipinski definition) is 3. The van der Waals surface area contributed by atoms with Crippen molar-refractivity contribution in [2.24, 2.45) is 0 Å². The van der Waals surface area contributed by atoms with Gasteiger partial charge in [-0.15, -0.1) is 0 Å². The Morgan fingerprint density at radius 1 is 1.25 bits per heavy atom. The molecule has 0 N–H and O–H groups in total. The number of aryl methyl sites for hydroxylation is 1. The summed E-state index contributed by atoms with van der Waals surface area (Å²) < 4.78 is 0. The molecule has 1 aromatic carbocycles. The summed E-state index contributed by atoms with van der Waals surface area (Å²) in [5.41, 5.74) is 2.03. The molecule has 0 bridgehead atoms. The first kappa shape index (κ1) is 15.2. The van der Waals surface area contributed by atoms with Crippen molar-refractivity contribution < 1.29 is 4.79 Å². The van der Waals surface area contributed by atoms with E-state index in [0.717, 1.165) is 38.0 Å². The highest BCUT2D eigenvalue weighted by Crippen LogP contribution is 2.13. The molecule has 1 aromatic rings. The zero-order valence-electron chi connectivity index (χ0n) is 12.9. The van der Waals surface area contributed by atoms with Gasteiger partial charge in [0.25, 0.3) is 0 Å². The first-order chi connectivity index (χ1) is 9.60. The third-order valence-corrected chi connectivity index (χ3v) is 4.22. The SMILES string of the molecule is CCC1CN(C)CCCN1CC(=O)c1ccc(C)cc1. The lowest BCUT2D eigenvalue weighted by Gasteiger charge is -2.29. The van der Waals surface area contributed by atoms with E-state index in [4.69, 9.17) is 0 Å². The van der Waals surface area contributed by atoms with E-state index in [-0.39, 0.29) is 5.78 Å². The Balaban J connectivity index is 2.03. The third kappa shape index (κ3) is 3.90. The van der Waals surface area contributed by atoms with E-state index < -0.39 is 0 Å². The van der Waals surface area contributed by atoms with Gasteiger partial charge in [0.05, 0.1) is 6.54 Å². The average Bonchev–Trinajstić information content (AvgIpc) is 2.61. The molecule has 0 aliphatic carbocycles. The number of Topliss-reactive ketones (excluding diaryl/α,β-unsaturated/α-hetero) is 1. The fourth-order valence-corrected chi connectivity index (χ4v) is 2.90. The quantitative estimate of drug-likeness (QED) is 0.789. The number of hydrogen-bond donors (Lipinski definition) is 0. The Labute approximate surface area is 122 Å². The first-order valence-electron chi connectivity index (χ1n) is 7.62. The summed E-state index contributed by atoms with van der Waals surface area (Å²) in [4.78, 5) is 17.2. The van der Waals surface area contributed by atoms with Gasteiger partial charge in [-0.2, -0.15) is 0 Å². The molecule has 3 heteroatoms. The number of nitrogens with zero attached hydrogens (tertiary/aromatic N) is 2. The van der Waals surface area contributed by atoms with Gasteiger partial charge >= 0.3 is 0 Å². The zero-order chi connectivity index (χ0) is 14.5. The summed E-state index contributed by atoms with van der Waals surface area (Å²) in [6.45, 7) is 8.04. The van der Waals surface area contributed by atoms with Gasteiger partial charge in [0.15, 0.2) is 5.78 Å². The van der Waals surface area contributed by atoms with Crippen molar-refractivity contribution in [1.29, 1.82) is 0 Å². The molecule has 0 radical (unpaired) electrons. The number of likely N-dealkylation sites (N-methyl/N-ethyl adjacent to an activating group) is 1. The number of carbonyl (C=O) groups excluding carboxylic acids is 1. The van der Waals surface area contributed by atoms with E-state index in [9.17, 15) is 4.79 Å². The van der Waals surface area contributed by atoms with Crippen molar-refractivity contribution in [3.63, 3.8) is 0 Å². The zero-order valence-corrected chi connectivity index (χ0v) is 12.9. The van der Waals surface area contributed by atoms with Crippen LogP contribution in [0.2, 0.25) is 0 Å². The van der Waals surface area contributed by atoms with E-state index in [1.54, 1.807) is 0 Å². The Morgan fingerprint density at radius 2 is 1.95 bits per heavy atom. The Hall–Kier alpha value is -1.19. The van der Waals surface area contributed by atoms with Crippen LogP contribution in [0.5, 0.6) is 0 Å². The van der Waals surface area contributed by atoms with Crippen LogP contribution in [0.15, 0.2) is 24.3 Å². The summed E-state index contributed by atoms with van der Waals surface area (Å²) in [6.07, 6.45) is 2.25. The molecule has 110 valence electrons. The van der Waals surface area contributed by atoms with Gasteiger partial charge in [0, 0.05) is 24.7 Å². The standard InChI is InChI=1S/C17H26N2O/c1-4-16-12-18(3)10-5-11-19(16)13-17(20)15-8-6-14(2)7-9-15/h6-9,16H,4-5,10-13H2,1-3H3. The van der Waals surface area contributed by atoms with Gasteiger partial charge < -0.3 is 4.90 Å². The molecule has 1 saturated heterocycles. The molecule has 1 unspecified atom stereocenters. The van der Waals surface area contributed by atoms with Crippen molar-refractivity contribution in [3.05, 3.63) is 35.4 Å². The first-order valence-corrected chi connectivity index (χ1v) is 7.62. The Bertz CT molecular complexity index is 441. The molecule has 1 aliphatic heterocycles. The monoisotopic (exact) mass is 274 g/mol.